The molecule has 0 spiro atoms. The van der Waals surface area contributed by atoms with Gasteiger partial charge in [0, 0.05) is 28.3 Å². The molecule has 20 heavy (non-hydrogen) atoms. The Labute approximate surface area is 128 Å². The average molecular weight is 341 g/mol. The van der Waals surface area contributed by atoms with E-state index in [0.29, 0.717) is 6.04 Å². The van der Waals surface area contributed by atoms with Gasteiger partial charge in [-0.15, -0.1) is 0 Å². The Morgan fingerprint density at radius 2 is 2.10 bits per heavy atom. The molecule has 4 nitrogen and oxygen atoms in total. The molecule has 1 aromatic carbocycles. The molecule has 0 bridgehead atoms. The number of benzene rings is 1. The predicted molar refractivity (Wildman–Crippen MR) is 85.1 cm³/mol. The highest BCUT2D eigenvalue weighted by atomic mass is 79.9. The molecule has 0 aromatic heterocycles. The molecule has 1 atom stereocenters. The Hall–Kier alpha value is -1.10. The molecule has 0 amide bonds. The summed E-state index contributed by atoms with van der Waals surface area (Å²) in [4.78, 5) is 10.4. The standard InChI is InChI=1S/C15H21BrN2O2/c1-2-14(11-6-4-3-5-7-11)17-15-9-8-12(18(19)20)10-13(15)16/h8-11,14,17H,2-7H2,1H3. The molecule has 1 aromatic rings. The van der Waals surface area contributed by atoms with Gasteiger partial charge in [-0.2, -0.15) is 0 Å². The van der Waals surface area contributed by atoms with E-state index in [9.17, 15) is 10.1 Å². The van der Waals surface area contributed by atoms with Crippen LogP contribution in [-0.2, 0) is 0 Å². The summed E-state index contributed by atoms with van der Waals surface area (Å²) in [6, 6.07) is 5.37. The molecular weight excluding hydrogens is 320 g/mol. The molecule has 1 unspecified atom stereocenters. The quantitative estimate of drug-likeness (QED) is 0.597. The number of nitro groups is 1. The van der Waals surface area contributed by atoms with Crippen LogP contribution < -0.4 is 5.32 Å². The first kappa shape index (κ1) is 15.3. The number of nitro benzene ring substituents is 1. The zero-order valence-corrected chi connectivity index (χ0v) is 13.4. The lowest BCUT2D eigenvalue weighted by atomic mass is 9.83. The number of nitrogens with zero attached hydrogens (tertiary/aromatic N) is 1. The zero-order valence-electron chi connectivity index (χ0n) is 11.8. The van der Waals surface area contributed by atoms with Gasteiger partial charge >= 0.3 is 0 Å². The molecule has 1 aliphatic carbocycles. The second kappa shape index (κ2) is 7.07. The first-order valence-corrected chi connectivity index (χ1v) is 8.11. The van der Waals surface area contributed by atoms with Crippen molar-refractivity contribution in [3.63, 3.8) is 0 Å². The van der Waals surface area contributed by atoms with Crippen molar-refractivity contribution in [2.75, 3.05) is 5.32 Å². The molecule has 5 heteroatoms. The molecule has 0 radical (unpaired) electrons. The van der Waals surface area contributed by atoms with Crippen LogP contribution in [0.25, 0.3) is 0 Å². The summed E-state index contributed by atoms with van der Waals surface area (Å²) in [7, 11) is 0. The van der Waals surface area contributed by atoms with Crippen molar-refractivity contribution >= 4 is 27.3 Å². The molecule has 0 saturated heterocycles. The van der Waals surface area contributed by atoms with Crippen LogP contribution in [0.4, 0.5) is 11.4 Å². The highest BCUT2D eigenvalue weighted by Gasteiger charge is 2.23. The van der Waals surface area contributed by atoms with Crippen molar-refractivity contribution < 1.29 is 4.92 Å². The van der Waals surface area contributed by atoms with E-state index in [1.54, 1.807) is 18.2 Å². The fourth-order valence-electron chi connectivity index (χ4n) is 3.02. The Bertz CT molecular complexity index is 473. The number of hydrogen-bond donors (Lipinski definition) is 1. The highest BCUT2D eigenvalue weighted by molar-refractivity contribution is 9.10. The number of nitrogens with one attached hydrogen (secondary N) is 1. The number of non-ortho nitro benzene ring substituents is 1. The molecule has 1 saturated carbocycles. The minimum atomic E-state index is -0.368. The minimum absolute atomic E-state index is 0.119. The average Bonchev–Trinajstić information content (AvgIpc) is 2.46. The van der Waals surface area contributed by atoms with Gasteiger partial charge in [-0.1, -0.05) is 26.2 Å². The summed E-state index contributed by atoms with van der Waals surface area (Å²) < 4.78 is 0.765. The van der Waals surface area contributed by atoms with Crippen molar-refractivity contribution in [2.45, 2.75) is 51.5 Å². The SMILES string of the molecule is CCC(Nc1ccc([N+](=O)[O-])cc1Br)C1CCCCC1. The van der Waals surface area contributed by atoms with Crippen LogP contribution in [0.2, 0.25) is 0 Å². The normalized spacial score (nSPS) is 17.7. The van der Waals surface area contributed by atoms with E-state index in [0.717, 1.165) is 22.5 Å². The van der Waals surface area contributed by atoms with Crippen LogP contribution in [0.15, 0.2) is 22.7 Å². The van der Waals surface area contributed by atoms with Crippen molar-refractivity contribution in [1.29, 1.82) is 0 Å². The molecule has 1 N–H and O–H groups in total. The minimum Gasteiger partial charge on any atom is -0.381 e. The van der Waals surface area contributed by atoms with Gasteiger partial charge in [-0.25, -0.2) is 0 Å². The fourth-order valence-corrected chi connectivity index (χ4v) is 3.51. The van der Waals surface area contributed by atoms with Gasteiger partial charge < -0.3 is 5.32 Å². The van der Waals surface area contributed by atoms with E-state index in [1.807, 2.05) is 0 Å². The maximum Gasteiger partial charge on any atom is 0.270 e. The van der Waals surface area contributed by atoms with E-state index < -0.39 is 0 Å². The zero-order chi connectivity index (χ0) is 14.5. The monoisotopic (exact) mass is 340 g/mol. The van der Waals surface area contributed by atoms with Gasteiger partial charge in [0.2, 0.25) is 0 Å². The van der Waals surface area contributed by atoms with Crippen LogP contribution in [0, 0.1) is 16.0 Å². The molecule has 2 rings (SSSR count). The summed E-state index contributed by atoms with van der Waals surface area (Å²) in [5, 5.41) is 14.3. The van der Waals surface area contributed by atoms with Crippen molar-refractivity contribution in [2.24, 2.45) is 5.92 Å². The van der Waals surface area contributed by atoms with Gasteiger partial charge in [-0.3, -0.25) is 10.1 Å². The van der Waals surface area contributed by atoms with Crippen LogP contribution in [0.1, 0.15) is 45.4 Å². The molecule has 110 valence electrons. The summed E-state index contributed by atoms with van der Waals surface area (Å²) in [5.41, 5.74) is 1.07. The van der Waals surface area contributed by atoms with E-state index in [1.165, 1.54) is 32.1 Å². The first-order valence-electron chi connectivity index (χ1n) is 7.32. The van der Waals surface area contributed by atoms with E-state index in [-0.39, 0.29) is 10.6 Å². The highest BCUT2D eigenvalue weighted by Crippen LogP contribution is 2.32. The molecule has 1 fully saturated rings. The van der Waals surface area contributed by atoms with E-state index in [4.69, 9.17) is 0 Å². The fraction of sp³-hybridized carbons (Fsp3) is 0.600. The third kappa shape index (κ3) is 3.72. The summed E-state index contributed by atoms with van der Waals surface area (Å²) in [5.74, 6) is 0.718. The van der Waals surface area contributed by atoms with Gasteiger partial charge in [-0.05, 0) is 47.2 Å². The van der Waals surface area contributed by atoms with Gasteiger partial charge in [0.1, 0.15) is 0 Å². The van der Waals surface area contributed by atoms with Crippen molar-refractivity contribution in [3.05, 3.63) is 32.8 Å². The lowest BCUT2D eigenvalue weighted by molar-refractivity contribution is -0.384. The van der Waals surface area contributed by atoms with Gasteiger partial charge in [0.15, 0.2) is 0 Å². The lowest BCUT2D eigenvalue weighted by Crippen LogP contribution is -2.30. The Morgan fingerprint density at radius 1 is 1.40 bits per heavy atom. The van der Waals surface area contributed by atoms with E-state index in [2.05, 4.69) is 28.2 Å². The maximum absolute atomic E-state index is 10.8. The second-order valence-electron chi connectivity index (χ2n) is 5.48. The van der Waals surface area contributed by atoms with Crippen LogP contribution in [0.5, 0.6) is 0 Å². The third-order valence-corrected chi connectivity index (χ3v) is 4.82. The Kier molecular flexibility index (Phi) is 5.40. The summed E-state index contributed by atoms with van der Waals surface area (Å²) >= 11 is 3.43. The van der Waals surface area contributed by atoms with Crippen molar-refractivity contribution in [1.82, 2.24) is 0 Å². The van der Waals surface area contributed by atoms with E-state index >= 15 is 0 Å². The summed E-state index contributed by atoms with van der Waals surface area (Å²) in [6.45, 7) is 2.20. The first-order chi connectivity index (χ1) is 9.61. The molecule has 0 heterocycles. The maximum atomic E-state index is 10.8. The third-order valence-electron chi connectivity index (χ3n) is 4.16. The number of rotatable bonds is 5. The molecule has 1 aliphatic rings. The van der Waals surface area contributed by atoms with Crippen LogP contribution >= 0.6 is 15.9 Å². The topological polar surface area (TPSA) is 55.2 Å². The number of hydrogen-bond acceptors (Lipinski definition) is 3. The van der Waals surface area contributed by atoms with Crippen LogP contribution in [0.3, 0.4) is 0 Å². The lowest BCUT2D eigenvalue weighted by Gasteiger charge is -2.31. The predicted octanol–water partition coefficient (Wildman–Crippen LogP) is 5.13. The smallest absolute Gasteiger partial charge is 0.270 e. The number of halogens is 1. The number of anilines is 1. The Morgan fingerprint density at radius 3 is 2.65 bits per heavy atom. The largest absolute Gasteiger partial charge is 0.381 e. The van der Waals surface area contributed by atoms with Gasteiger partial charge in [0.05, 0.1) is 4.92 Å². The Balaban J connectivity index is 2.08. The molecular formula is C15H21BrN2O2. The second-order valence-corrected chi connectivity index (χ2v) is 6.33. The van der Waals surface area contributed by atoms with Crippen LogP contribution in [-0.4, -0.2) is 11.0 Å². The van der Waals surface area contributed by atoms with Crippen molar-refractivity contribution in [3.8, 4) is 0 Å². The summed E-state index contributed by atoms with van der Waals surface area (Å²) in [6.07, 6.45) is 7.66. The molecule has 0 aliphatic heterocycles. The van der Waals surface area contributed by atoms with Gasteiger partial charge in [0.25, 0.3) is 5.69 Å².